The Labute approximate surface area is 116 Å². The summed E-state index contributed by atoms with van der Waals surface area (Å²) in [6.07, 6.45) is 7.31. The summed E-state index contributed by atoms with van der Waals surface area (Å²) in [5.74, 6) is 0.704. The minimum Gasteiger partial charge on any atom is -0.374 e. The molecule has 2 rings (SSSR count). The Balaban J connectivity index is 2.09. The van der Waals surface area contributed by atoms with Crippen LogP contribution >= 0.6 is 0 Å². The molecule has 1 fully saturated rings. The van der Waals surface area contributed by atoms with E-state index in [1.165, 1.54) is 12.8 Å². The van der Waals surface area contributed by atoms with Gasteiger partial charge in [-0.3, -0.25) is 4.98 Å². The van der Waals surface area contributed by atoms with Crippen molar-refractivity contribution < 1.29 is 4.74 Å². The molecule has 3 atom stereocenters. The first-order chi connectivity index (χ1) is 9.16. The van der Waals surface area contributed by atoms with E-state index in [-0.39, 0.29) is 11.6 Å². The van der Waals surface area contributed by atoms with E-state index in [4.69, 9.17) is 10.5 Å². The van der Waals surface area contributed by atoms with Gasteiger partial charge in [0, 0.05) is 31.0 Å². The molecule has 2 N–H and O–H groups in total. The molecular formula is C16H26N2O. The largest absolute Gasteiger partial charge is 0.374 e. The van der Waals surface area contributed by atoms with E-state index in [9.17, 15) is 0 Å². The highest BCUT2D eigenvalue weighted by atomic mass is 16.5. The third kappa shape index (κ3) is 3.54. The Morgan fingerprint density at radius 1 is 1.53 bits per heavy atom. The smallest absolute Gasteiger partial charge is 0.0838 e. The lowest BCUT2D eigenvalue weighted by atomic mass is 9.73. The van der Waals surface area contributed by atoms with Crippen molar-refractivity contribution in [3.05, 3.63) is 30.1 Å². The van der Waals surface area contributed by atoms with Crippen LogP contribution in [0.5, 0.6) is 0 Å². The maximum atomic E-state index is 6.50. The number of nitrogens with two attached hydrogens (primary N) is 1. The number of nitrogens with zero attached hydrogens (tertiary/aromatic N) is 1. The van der Waals surface area contributed by atoms with Crippen LogP contribution in [0, 0.1) is 5.92 Å². The monoisotopic (exact) mass is 262 g/mol. The zero-order chi connectivity index (χ0) is 13.7. The molecule has 0 amide bonds. The summed E-state index contributed by atoms with van der Waals surface area (Å²) in [4.78, 5) is 4.39. The maximum Gasteiger partial charge on any atom is 0.0838 e. The molecule has 3 nitrogen and oxygen atoms in total. The van der Waals surface area contributed by atoms with Gasteiger partial charge >= 0.3 is 0 Å². The molecule has 1 saturated carbocycles. The average Bonchev–Trinajstić information content (AvgIpc) is 2.40. The third-order valence-electron chi connectivity index (χ3n) is 4.25. The predicted octanol–water partition coefficient (Wildman–Crippen LogP) is 2.94. The molecule has 1 aromatic rings. The van der Waals surface area contributed by atoms with E-state index in [2.05, 4.69) is 18.8 Å². The molecule has 0 saturated heterocycles. The van der Waals surface area contributed by atoms with Gasteiger partial charge in [-0.2, -0.15) is 0 Å². The van der Waals surface area contributed by atoms with Crippen LogP contribution in [-0.4, -0.2) is 23.2 Å². The van der Waals surface area contributed by atoms with Crippen molar-refractivity contribution in [3.63, 3.8) is 0 Å². The molecule has 0 radical (unpaired) electrons. The van der Waals surface area contributed by atoms with Crippen LogP contribution in [0.2, 0.25) is 0 Å². The van der Waals surface area contributed by atoms with Crippen LogP contribution in [0.3, 0.4) is 0 Å². The summed E-state index contributed by atoms with van der Waals surface area (Å²) in [6, 6.07) is 6.04. The zero-order valence-electron chi connectivity index (χ0n) is 12.1. The maximum absolute atomic E-state index is 6.50. The third-order valence-corrected chi connectivity index (χ3v) is 4.25. The second kappa shape index (κ2) is 6.49. The lowest BCUT2D eigenvalue weighted by Crippen LogP contribution is -2.53. The summed E-state index contributed by atoms with van der Waals surface area (Å²) < 4.78 is 6.12. The molecule has 1 aliphatic rings. The van der Waals surface area contributed by atoms with Crippen LogP contribution in [0.15, 0.2) is 24.4 Å². The van der Waals surface area contributed by atoms with Gasteiger partial charge in [0.25, 0.3) is 0 Å². The van der Waals surface area contributed by atoms with Crippen molar-refractivity contribution in [2.24, 2.45) is 11.7 Å². The summed E-state index contributed by atoms with van der Waals surface area (Å²) in [6.45, 7) is 5.11. The molecule has 0 spiro atoms. The number of ether oxygens (including phenoxy) is 1. The average molecular weight is 262 g/mol. The molecular weight excluding hydrogens is 236 g/mol. The van der Waals surface area contributed by atoms with Crippen LogP contribution in [0.4, 0.5) is 0 Å². The fraction of sp³-hybridized carbons (Fsp3) is 0.688. The van der Waals surface area contributed by atoms with Crippen LogP contribution < -0.4 is 5.73 Å². The van der Waals surface area contributed by atoms with Gasteiger partial charge in [0.1, 0.15) is 0 Å². The van der Waals surface area contributed by atoms with Crippen molar-refractivity contribution in [1.29, 1.82) is 0 Å². The predicted molar refractivity (Wildman–Crippen MR) is 77.9 cm³/mol. The van der Waals surface area contributed by atoms with Gasteiger partial charge in [-0.25, -0.2) is 0 Å². The number of hydrogen-bond acceptors (Lipinski definition) is 3. The Morgan fingerprint density at radius 3 is 3.00 bits per heavy atom. The van der Waals surface area contributed by atoms with Crippen LogP contribution in [0.1, 0.15) is 45.2 Å². The van der Waals surface area contributed by atoms with E-state index in [0.29, 0.717) is 5.92 Å². The van der Waals surface area contributed by atoms with E-state index in [0.717, 1.165) is 31.6 Å². The highest BCUT2D eigenvalue weighted by Gasteiger charge is 2.41. The Kier molecular flexibility index (Phi) is 4.94. The Hall–Kier alpha value is -0.930. The minimum atomic E-state index is -0.149. The number of pyridine rings is 1. The number of hydrogen-bond donors (Lipinski definition) is 1. The summed E-state index contributed by atoms with van der Waals surface area (Å²) in [7, 11) is 0. The molecule has 1 aliphatic carbocycles. The molecule has 1 aromatic heterocycles. The van der Waals surface area contributed by atoms with Gasteiger partial charge in [-0.1, -0.05) is 25.8 Å². The Morgan fingerprint density at radius 2 is 2.37 bits per heavy atom. The molecule has 0 aromatic carbocycles. The van der Waals surface area contributed by atoms with Gasteiger partial charge in [-0.15, -0.1) is 0 Å². The quantitative estimate of drug-likeness (QED) is 0.887. The molecule has 0 aliphatic heterocycles. The van der Waals surface area contributed by atoms with Crippen molar-refractivity contribution in [2.45, 2.75) is 57.6 Å². The highest BCUT2D eigenvalue weighted by molar-refractivity contribution is 5.08. The van der Waals surface area contributed by atoms with E-state index in [1.807, 2.05) is 24.4 Å². The van der Waals surface area contributed by atoms with Gasteiger partial charge in [0.05, 0.1) is 5.60 Å². The zero-order valence-corrected chi connectivity index (χ0v) is 12.1. The lowest BCUT2D eigenvalue weighted by molar-refractivity contribution is -0.0926. The molecule has 19 heavy (non-hydrogen) atoms. The van der Waals surface area contributed by atoms with Crippen molar-refractivity contribution in [3.8, 4) is 0 Å². The Bertz CT molecular complexity index is 378. The first-order valence-electron chi connectivity index (χ1n) is 7.46. The summed E-state index contributed by atoms with van der Waals surface area (Å²) in [5.41, 5.74) is 7.41. The first kappa shape index (κ1) is 14.5. The van der Waals surface area contributed by atoms with Gasteiger partial charge in [0.15, 0.2) is 0 Å². The van der Waals surface area contributed by atoms with Gasteiger partial charge < -0.3 is 10.5 Å². The fourth-order valence-corrected chi connectivity index (χ4v) is 3.34. The van der Waals surface area contributed by atoms with Crippen molar-refractivity contribution in [1.82, 2.24) is 4.98 Å². The van der Waals surface area contributed by atoms with E-state index in [1.54, 1.807) is 0 Å². The first-order valence-corrected chi connectivity index (χ1v) is 7.46. The molecule has 0 bridgehead atoms. The van der Waals surface area contributed by atoms with Crippen molar-refractivity contribution in [2.75, 3.05) is 6.61 Å². The minimum absolute atomic E-state index is 0.0325. The number of aromatic nitrogens is 1. The topological polar surface area (TPSA) is 48.1 Å². The fourth-order valence-electron chi connectivity index (χ4n) is 3.34. The second-order valence-corrected chi connectivity index (χ2v) is 5.83. The van der Waals surface area contributed by atoms with Crippen LogP contribution in [0.25, 0.3) is 0 Å². The summed E-state index contributed by atoms with van der Waals surface area (Å²) in [5, 5.41) is 0. The standard InChI is InChI=1S/C16H26N2O/c1-3-19-16(9-6-7-13(2)12-16)15(17)11-14-8-4-5-10-18-14/h4-5,8,10,13,15H,3,6-7,9,11-12,17H2,1-2H3. The van der Waals surface area contributed by atoms with Gasteiger partial charge in [0.2, 0.25) is 0 Å². The number of rotatable bonds is 5. The molecule has 3 heteroatoms. The molecule has 106 valence electrons. The van der Waals surface area contributed by atoms with Gasteiger partial charge in [-0.05, 0) is 37.8 Å². The van der Waals surface area contributed by atoms with Crippen LogP contribution in [-0.2, 0) is 11.2 Å². The van der Waals surface area contributed by atoms with E-state index < -0.39 is 0 Å². The second-order valence-electron chi connectivity index (χ2n) is 5.83. The summed E-state index contributed by atoms with van der Waals surface area (Å²) >= 11 is 0. The lowest BCUT2D eigenvalue weighted by Gasteiger charge is -2.44. The highest BCUT2D eigenvalue weighted by Crippen LogP contribution is 2.37. The van der Waals surface area contributed by atoms with E-state index >= 15 is 0 Å². The molecule has 3 unspecified atom stereocenters. The van der Waals surface area contributed by atoms with Crippen molar-refractivity contribution >= 4 is 0 Å². The molecule has 1 heterocycles. The SMILES string of the molecule is CCOC1(C(N)Cc2ccccn2)CCCC(C)C1. The normalized spacial score (nSPS) is 29.1.